The summed E-state index contributed by atoms with van der Waals surface area (Å²) in [4.78, 5) is 0. The Labute approximate surface area is 171 Å². The molecule has 5 heteroatoms. The zero-order chi connectivity index (χ0) is 20.8. The maximum atomic E-state index is 6.23. The molecule has 0 aliphatic heterocycles. The van der Waals surface area contributed by atoms with E-state index >= 15 is 0 Å². The molecule has 3 aromatic rings. The van der Waals surface area contributed by atoms with Gasteiger partial charge in [-0.15, -0.1) is 0 Å². The molecule has 0 unspecified atom stereocenters. The predicted molar refractivity (Wildman–Crippen MR) is 112 cm³/mol. The van der Waals surface area contributed by atoms with Gasteiger partial charge in [0.1, 0.15) is 34.3 Å². The zero-order valence-electron chi connectivity index (χ0n) is 17.4. The van der Waals surface area contributed by atoms with Crippen molar-refractivity contribution in [3.63, 3.8) is 0 Å². The van der Waals surface area contributed by atoms with Crippen molar-refractivity contribution in [2.24, 2.45) is 0 Å². The first-order chi connectivity index (χ1) is 14.0. The van der Waals surface area contributed by atoms with Crippen molar-refractivity contribution in [2.45, 2.75) is 20.1 Å². The fourth-order valence-corrected chi connectivity index (χ4v) is 2.89. The Morgan fingerprint density at radius 3 is 1.31 bits per heavy atom. The molecule has 5 nitrogen and oxygen atoms in total. The number of hydrogen-bond acceptors (Lipinski definition) is 5. The Morgan fingerprint density at radius 2 is 0.966 bits per heavy atom. The monoisotopic (exact) mass is 394 g/mol. The van der Waals surface area contributed by atoms with Crippen LogP contribution in [-0.4, -0.2) is 21.3 Å². The van der Waals surface area contributed by atoms with Crippen LogP contribution >= 0.6 is 0 Å². The molecule has 0 atom stereocenters. The Balaban J connectivity index is 2.06. The molecule has 3 aromatic carbocycles. The summed E-state index contributed by atoms with van der Waals surface area (Å²) in [7, 11) is 4.77. The van der Waals surface area contributed by atoms with Crippen molar-refractivity contribution in [2.75, 3.05) is 21.3 Å². The molecule has 0 amide bonds. The number of methoxy groups -OCH3 is 3. The number of hydrogen-bond donors (Lipinski definition) is 0. The van der Waals surface area contributed by atoms with Gasteiger partial charge in [0.2, 0.25) is 0 Å². The normalized spacial score (nSPS) is 10.6. The van der Waals surface area contributed by atoms with E-state index in [-0.39, 0.29) is 0 Å². The largest absolute Gasteiger partial charge is 0.496 e. The lowest BCUT2D eigenvalue weighted by Gasteiger charge is -2.25. The van der Waals surface area contributed by atoms with Gasteiger partial charge in [0, 0.05) is 12.1 Å². The molecule has 29 heavy (non-hydrogen) atoms. The molecule has 0 fully saturated rings. The molecule has 3 rings (SSSR count). The molecular formula is C24H26O5. The highest BCUT2D eigenvalue weighted by molar-refractivity contribution is 5.52. The van der Waals surface area contributed by atoms with E-state index in [0.717, 1.165) is 11.1 Å². The van der Waals surface area contributed by atoms with E-state index in [4.69, 9.17) is 23.7 Å². The van der Waals surface area contributed by atoms with Crippen molar-refractivity contribution >= 4 is 0 Å². The second-order valence-electron chi connectivity index (χ2n) is 6.64. The van der Waals surface area contributed by atoms with E-state index in [1.807, 2.05) is 62.4 Å². The van der Waals surface area contributed by atoms with Gasteiger partial charge in [-0.25, -0.2) is 0 Å². The summed E-state index contributed by atoms with van der Waals surface area (Å²) in [5, 5.41) is 0. The minimum Gasteiger partial charge on any atom is -0.496 e. The molecule has 0 saturated carbocycles. The summed E-state index contributed by atoms with van der Waals surface area (Å²) in [5.41, 5.74) is 2.93. The highest BCUT2D eigenvalue weighted by atomic mass is 16.7. The van der Waals surface area contributed by atoms with Gasteiger partial charge >= 0.3 is 0 Å². The fourth-order valence-electron chi connectivity index (χ4n) is 2.89. The molecule has 0 aliphatic carbocycles. The SMILES string of the molecule is COc1cc(OC)c(C(Oc2ccc(C)cc2)Oc2ccc(C)cc2)c(OC)c1. The third kappa shape index (κ3) is 4.93. The van der Waals surface area contributed by atoms with Crippen LogP contribution in [-0.2, 0) is 0 Å². The van der Waals surface area contributed by atoms with E-state index in [0.29, 0.717) is 34.3 Å². The van der Waals surface area contributed by atoms with Gasteiger partial charge in [0.05, 0.1) is 21.3 Å². The summed E-state index contributed by atoms with van der Waals surface area (Å²) >= 11 is 0. The number of aryl methyl sites for hydroxylation is 2. The third-order valence-corrected chi connectivity index (χ3v) is 4.52. The van der Waals surface area contributed by atoms with Crippen LogP contribution in [0.4, 0.5) is 0 Å². The number of benzene rings is 3. The standard InChI is InChI=1S/C24H26O5/c1-16-6-10-18(11-7-16)28-24(29-19-12-8-17(2)9-13-19)23-21(26-4)14-20(25-3)15-22(23)27-5/h6-15,24H,1-5H3. The minimum atomic E-state index is -0.795. The van der Waals surface area contributed by atoms with Crippen LogP contribution in [0.5, 0.6) is 28.7 Å². The molecule has 0 spiro atoms. The lowest BCUT2D eigenvalue weighted by Crippen LogP contribution is -2.17. The van der Waals surface area contributed by atoms with E-state index in [1.165, 1.54) is 0 Å². The van der Waals surface area contributed by atoms with Gasteiger partial charge in [-0.2, -0.15) is 0 Å². The quantitative estimate of drug-likeness (QED) is 0.473. The molecule has 152 valence electrons. The summed E-state index contributed by atoms with van der Waals surface area (Å²) < 4.78 is 29.0. The molecule has 0 heterocycles. The van der Waals surface area contributed by atoms with E-state index in [1.54, 1.807) is 33.5 Å². The highest BCUT2D eigenvalue weighted by Crippen LogP contribution is 2.41. The van der Waals surface area contributed by atoms with Crippen molar-refractivity contribution < 1.29 is 23.7 Å². The van der Waals surface area contributed by atoms with E-state index < -0.39 is 6.29 Å². The highest BCUT2D eigenvalue weighted by Gasteiger charge is 2.26. The molecule has 0 bridgehead atoms. The van der Waals surface area contributed by atoms with Gasteiger partial charge in [-0.3, -0.25) is 0 Å². The predicted octanol–water partition coefficient (Wildman–Crippen LogP) is 5.49. The van der Waals surface area contributed by atoms with Gasteiger partial charge in [0.15, 0.2) is 0 Å². The van der Waals surface area contributed by atoms with Crippen LogP contribution in [0.15, 0.2) is 60.7 Å². The first-order valence-electron chi connectivity index (χ1n) is 9.30. The molecule has 0 aliphatic rings. The summed E-state index contributed by atoms with van der Waals surface area (Å²) in [6.45, 7) is 4.05. The number of ether oxygens (including phenoxy) is 5. The second kappa shape index (κ2) is 9.24. The van der Waals surface area contributed by atoms with Crippen LogP contribution in [0.2, 0.25) is 0 Å². The fraction of sp³-hybridized carbons (Fsp3) is 0.250. The first kappa shape index (κ1) is 20.4. The zero-order valence-corrected chi connectivity index (χ0v) is 17.4. The Kier molecular flexibility index (Phi) is 6.50. The van der Waals surface area contributed by atoms with E-state index in [9.17, 15) is 0 Å². The average Bonchev–Trinajstić information content (AvgIpc) is 2.75. The van der Waals surface area contributed by atoms with Gasteiger partial charge < -0.3 is 23.7 Å². The van der Waals surface area contributed by atoms with Crippen LogP contribution < -0.4 is 23.7 Å². The van der Waals surface area contributed by atoms with E-state index in [2.05, 4.69) is 0 Å². The molecular weight excluding hydrogens is 368 g/mol. The average molecular weight is 394 g/mol. The van der Waals surface area contributed by atoms with Crippen LogP contribution in [0.1, 0.15) is 23.0 Å². The first-order valence-corrected chi connectivity index (χ1v) is 9.30. The summed E-state index contributed by atoms with van der Waals surface area (Å²) in [6.07, 6.45) is -0.795. The van der Waals surface area contributed by atoms with Crippen molar-refractivity contribution in [3.8, 4) is 28.7 Å². The van der Waals surface area contributed by atoms with Crippen molar-refractivity contribution in [1.29, 1.82) is 0 Å². The summed E-state index contributed by atoms with van der Waals surface area (Å²) in [5.74, 6) is 3.06. The summed E-state index contributed by atoms with van der Waals surface area (Å²) in [6, 6.07) is 19.1. The van der Waals surface area contributed by atoms with Gasteiger partial charge in [0.25, 0.3) is 6.29 Å². The van der Waals surface area contributed by atoms with Crippen LogP contribution in [0.3, 0.4) is 0 Å². The van der Waals surface area contributed by atoms with Crippen LogP contribution in [0, 0.1) is 13.8 Å². The maximum absolute atomic E-state index is 6.23. The number of rotatable bonds is 8. The smallest absolute Gasteiger partial charge is 0.274 e. The molecule has 0 saturated heterocycles. The maximum Gasteiger partial charge on any atom is 0.274 e. The van der Waals surface area contributed by atoms with Gasteiger partial charge in [-0.05, 0) is 38.1 Å². The minimum absolute atomic E-state index is 0.547. The lowest BCUT2D eigenvalue weighted by atomic mass is 10.1. The van der Waals surface area contributed by atoms with Crippen molar-refractivity contribution in [3.05, 3.63) is 77.4 Å². The lowest BCUT2D eigenvalue weighted by molar-refractivity contribution is 0.000262. The molecule has 0 N–H and O–H groups in total. The second-order valence-corrected chi connectivity index (χ2v) is 6.64. The Bertz CT molecular complexity index is 860. The van der Waals surface area contributed by atoms with Crippen molar-refractivity contribution in [1.82, 2.24) is 0 Å². The third-order valence-electron chi connectivity index (χ3n) is 4.52. The Hall–Kier alpha value is -3.34. The Morgan fingerprint density at radius 1 is 0.552 bits per heavy atom. The molecule has 0 aromatic heterocycles. The molecule has 0 radical (unpaired) electrons. The van der Waals surface area contributed by atoms with Crippen LogP contribution in [0.25, 0.3) is 0 Å². The van der Waals surface area contributed by atoms with Gasteiger partial charge in [-0.1, -0.05) is 35.4 Å². The topological polar surface area (TPSA) is 46.2 Å².